The number of para-hydroxylation sites is 2. The maximum Gasteiger partial charge on any atom is 0.414 e. The van der Waals surface area contributed by atoms with Crippen molar-refractivity contribution in [3.8, 4) is 11.4 Å². The predicted molar refractivity (Wildman–Crippen MR) is 275 cm³/mol. The van der Waals surface area contributed by atoms with Gasteiger partial charge in [0.1, 0.15) is 33.3 Å². The Kier molecular flexibility index (Phi) is 15.8. The first kappa shape index (κ1) is 52.6. The minimum Gasteiger partial charge on any atom is -1.00 e. The number of hydrogen-bond donors (Lipinski definition) is 2. The summed E-state index contributed by atoms with van der Waals surface area (Å²) >= 11 is 0. The van der Waals surface area contributed by atoms with E-state index in [9.17, 15) is 9.59 Å². The quantitative estimate of drug-likeness (QED) is 0.0718. The third-order valence-electron chi connectivity index (χ3n) is 12.1. The van der Waals surface area contributed by atoms with Gasteiger partial charge in [0.25, 0.3) is 0 Å². The van der Waals surface area contributed by atoms with Crippen molar-refractivity contribution < 1.29 is 53.0 Å². The zero-order valence-electron chi connectivity index (χ0n) is 41.9. The van der Waals surface area contributed by atoms with E-state index < -0.39 is 23.4 Å². The van der Waals surface area contributed by atoms with Gasteiger partial charge in [-0.3, -0.25) is 9.80 Å². The fourth-order valence-corrected chi connectivity index (χ4v) is 8.77. The molecule has 2 aromatic heterocycles. The third-order valence-corrected chi connectivity index (χ3v) is 12.1. The van der Waals surface area contributed by atoms with E-state index in [1.807, 2.05) is 154 Å². The maximum absolute atomic E-state index is 14.2. The number of fused-ring (bicyclic) bond motifs is 4. The van der Waals surface area contributed by atoms with E-state index in [0.717, 1.165) is 102 Å². The Morgan fingerprint density at radius 1 is 0.486 bits per heavy atom. The van der Waals surface area contributed by atoms with Gasteiger partial charge in [-0.05, 0) is 129 Å². The van der Waals surface area contributed by atoms with Crippen LogP contribution in [0.2, 0.25) is 0 Å². The molecule has 2 heterocycles. The molecule has 6 aromatic carbocycles. The fourth-order valence-electron chi connectivity index (χ4n) is 8.77. The Morgan fingerprint density at radius 2 is 0.800 bits per heavy atom. The standard InChI is InChI=1S/C56H62N8O4.2ClH/c1-35-27-43-49(31-41(35)57)63(39-21-15-13-16-22-39)51-33-47(37(3)29-45(51)59-43)61(53(65)67-55(5,6)7)25-19-11-12-20-26-62(54(66)68-56(8,9)10)48-34-52-46(30-38(48)4)60-44-28-36(2)42(58)32-50(44)64(52)40-23-17-14-18-24-40;;/h13-18,21-24,27-34,57-58H,11-12,19-20,25-26H2,1-10H3;2*1H. The number of aromatic nitrogens is 4. The lowest BCUT2D eigenvalue weighted by atomic mass is 10.1. The predicted octanol–water partition coefficient (Wildman–Crippen LogP) is 5.79. The highest BCUT2D eigenvalue weighted by molar-refractivity contribution is 5.95. The molecule has 0 saturated heterocycles. The van der Waals surface area contributed by atoms with E-state index in [-0.39, 0.29) is 24.8 Å². The molecule has 0 bridgehead atoms. The van der Waals surface area contributed by atoms with E-state index >= 15 is 0 Å². The minimum atomic E-state index is -0.709. The maximum atomic E-state index is 14.2. The second-order valence-electron chi connectivity index (χ2n) is 19.9. The molecule has 4 N–H and O–H groups in total. The number of nitrogens with two attached hydrogens (primary N) is 2. The van der Waals surface area contributed by atoms with Gasteiger partial charge in [-0.2, -0.15) is 0 Å². The van der Waals surface area contributed by atoms with E-state index in [1.54, 1.807) is 9.80 Å². The first-order valence-electron chi connectivity index (χ1n) is 23.5. The average Bonchev–Trinajstić information content (AvgIpc) is 3.26. The Labute approximate surface area is 423 Å². The number of amides is 2. The Morgan fingerprint density at radius 3 is 1.13 bits per heavy atom. The van der Waals surface area contributed by atoms with Crippen molar-refractivity contribution in [3.05, 3.63) is 131 Å². The molecule has 0 aliphatic rings. The molecule has 8 rings (SSSR count). The molecule has 0 spiro atoms. The third kappa shape index (κ3) is 11.3. The molecule has 12 nitrogen and oxygen atoms in total. The molecule has 0 atom stereocenters. The Bertz CT molecular complexity index is 3010. The molecule has 0 aliphatic carbocycles. The van der Waals surface area contributed by atoms with Crippen LogP contribution in [0.3, 0.4) is 0 Å². The van der Waals surface area contributed by atoms with Crippen LogP contribution in [0, 0.1) is 27.7 Å². The van der Waals surface area contributed by atoms with Crippen LogP contribution in [0.15, 0.2) is 109 Å². The molecule has 2 amide bonds. The molecular weight excluding hydrogens is 920 g/mol. The van der Waals surface area contributed by atoms with Gasteiger partial charge in [-0.25, -0.2) is 19.6 Å². The Hall–Kier alpha value is -6.76. The van der Waals surface area contributed by atoms with Crippen molar-refractivity contribution in [2.75, 3.05) is 34.4 Å². The molecule has 0 fully saturated rings. The molecule has 0 radical (unpaired) electrons. The second-order valence-corrected chi connectivity index (χ2v) is 19.9. The van der Waals surface area contributed by atoms with Crippen LogP contribution in [0.25, 0.3) is 55.5 Å². The van der Waals surface area contributed by atoms with Gasteiger partial charge in [-0.15, -0.1) is 9.13 Å². The van der Waals surface area contributed by atoms with Crippen LogP contribution in [0.5, 0.6) is 0 Å². The number of carbonyl (C=O) groups is 2. The summed E-state index contributed by atoms with van der Waals surface area (Å²) in [5.41, 5.74) is 26.7. The first-order chi connectivity index (χ1) is 32.3. The van der Waals surface area contributed by atoms with Crippen LogP contribution in [-0.4, -0.2) is 46.4 Å². The van der Waals surface area contributed by atoms with Crippen LogP contribution in [0.1, 0.15) is 89.5 Å². The summed E-state index contributed by atoms with van der Waals surface area (Å²) in [7, 11) is 0. The smallest absolute Gasteiger partial charge is 0.414 e. The summed E-state index contributed by atoms with van der Waals surface area (Å²) in [6.07, 6.45) is 2.14. The molecule has 0 saturated carbocycles. The number of nitrogen functional groups attached to an aromatic ring is 2. The van der Waals surface area contributed by atoms with Gasteiger partial charge in [0.15, 0.2) is 0 Å². The zero-order valence-corrected chi connectivity index (χ0v) is 43.4. The monoisotopic (exact) mass is 982 g/mol. The van der Waals surface area contributed by atoms with Crippen molar-refractivity contribution in [1.82, 2.24) is 9.97 Å². The van der Waals surface area contributed by atoms with Crippen molar-refractivity contribution in [1.29, 1.82) is 0 Å². The van der Waals surface area contributed by atoms with E-state index in [2.05, 4.69) is 33.4 Å². The molecule has 366 valence electrons. The highest BCUT2D eigenvalue weighted by atomic mass is 35.5. The van der Waals surface area contributed by atoms with Crippen molar-refractivity contribution in [2.24, 2.45) is 0 Å². The lowest BCUT2D eigenvalue weighted by Gasteiger charge is -2.29. The lowest BCUT2D eigenvalue weighted by molar-refractivity contribution is -0.538. The van der Waals surface area contributed by atoms with Crippen molar-refractivity contribution >= 4 is 79.1 Å². The Balaban J connectivity index is 0.00000402. The molecule has 0 unspecified atom stereocenters. The number of halogens is 2. The molecule has 8 aromatic rings. The first-order valence-corrected chi connectivity index (χ1v) is 23.5. The number of benzene rings is 6. The summed E-state index contributed by atoms with van der Waals surface area (Å²) in [5, 5.41) is 0. The van der Waals surface area contributed by atoms with Gasteiger partial charge in [0, 0.05) is 73.0 Å². The summed E-state index contributed by atoms with van der Waals surface area (Å²) < 4.78 is 16.4. The summed E-state index contributed by atoms with van der Waals surface area (Å²) in [5.74, 6) is 0. The molecule has 0 aliphatic heterocycles. The number of anilines is 4. The number of aryl methyl sites for hydroxylation is 4. The normalized spacial score (nSPS) is 11.6. The van der Waals surface area contributed by atoms with Gasteiger partial charge >= 0.3 is 12.2 Å². The lowest BCUT2D eigenvalue weighted by Crippen LogP contribution is -3.00. The van der Waals surface area contributed by atoms with Crippen LogP contribution >= 0.6 is 0 Å². The SMILES string of the molecule is Cc1cc2nc3cc(C)c(N(CCCCCCN(C(=O)OC(C)(C)C)c4cc5c(cc4C)nc4cc(C)c(N)cc4[n+]5-c4ccccc4)C(=O)OC(C)(C)C)cc3[n+](-c3ccccc3)c2cc1N.[Cl-].[Cl-]. The van der Waals surface area contributed by atoms with Crippen molar-refractivity contribution in [2.45, 2.75) is 106 Å². The topological polar surface area (TPSA) is 145 Å². The van der Waals surface area contributed by atoms with E-state index in [4.69, 9.17) is 30.9 Å². The zero-order chi connectivity index (χ0) is 48.7. The molecule has 70 heavy (non-hydrogen) atoms. The minimum absolute atomic E-state index is 0. The number of hydrogen-bond acceptors (Lipinski definition) is 8. The number of carbonyl (C=O) groups excluding carboxylic acids is 2. The second kappa shape index (κ2) is 21.1. The number of nitrogens with zero attached hydrogens (tertiary/aromatic N) is 6. The molecular formula is C56H64Cl2N8O4. The number of ether oxygens (including phenoxy) is 2. The average molecular weight is 984 g/mol. The van der Waals surface area contributed by atoms with E-state index in [0.29, 0.717) is 37.3 Å². The van der Waals surface area contributed by atoms with Gasteiger partial charge in [0.05, 0.1) is 11.4 Å². The highest BCUT2D eigenvalue weighted by Gasteiger charge is 2.30. The summed E-state index contributed by atoms with van der Waals surface area (Å²) in [4.78, 5) is 42.1. The number of unbranched alkanes of at least 4 members (excludes halogenated alkanes) is 3. The molecule has 14 heteroatoms. The van der Waals surface area contributed by atoms with Crippen LogP contribution in [-0.2, 0) is 9.47 Å². The van der Waals surface area contributed by atoms with E-state index in [1.165, 1.54) is 0 Å². The van der Waals surface area contributed by atoms with Gasteiger partial charge in [0.2, 0.25) is 33.4 Å². The van der Waals surface area contributed by atoms with Crippen LogP contribution < -0.4 is 55.2 Å². The summed E-state index contributed by atoms with van der Waals surface area (Å²) in [6, 6.07) is 36.4. The van der Waals surface area contributed by atoms with Gasteiger partial charge < -0.3 is 45.8 Å². The highest BCUT2D eigenvalue weighted by Crippen LogP contribution is 2.32. The number of rotatable bonds is 11. The van der Waals surface area contributed by atoms with Gasteiger partial charge in [-0.1, -0.05) is 49.2 Å². The van der Waals surface area contributed by atoms with Crippen LogP contribution in [0.4, 0.5) is 32.3 Å². The fraction of sp³-hybridized carbons (Fsp3) is 0.321. The summed E-state index contributed by atoms with van der Waals surface area (Å²) in [6.45, 7) is 20.1. The largest absolute Gasteiger partial charge is 1.00 e. The van der Waals surface area contributed by atoms with Crippen molar-refractivity contribution in [3.63, 3.8) is 0 Å².